The number of carbonyl (C=O) groups excluding carboxylic acids is 1. The molecular formula is C32H26Cl2F3N3OS. The van der Waals surface area contributed by atoms with Gasteiger partial charge < -0.3 is 5.73 Å². The summed E-state index contributed by atoms with van der Waals surface area (Å²) < 4.78 is 39.7. The van der Waals surface area contributed by atoms with Gasteiger partial charge in [-0.15, -0.1) is 11.8 Å². The van der Waals surface area contributed by atoms with Gasteiger partial charge in [0, 0.05) is 39.0 Å². The third-order valence-electron chi connectivity index (χ3n) is 7.65. The maximum Gasteiger partial charge on any atom is 0.416 e. The average Bonchev–Trinajstić information content (AvgIpc) is 2.94. The van der Waals surface area contributed by atoms with Gasteiger partial charge in [-0.1, -0.05) is 40.9 Å². The molecule has 0 saturated carbocycles. The van der Waals surface area contributed by atoms with Crippen molar-refractivity contribution in [1.82, 2.24) is 0 Å². The van der Waals surface area contributed by atoms with Crippen LogP contribution in [0.3, 0.4) is 0 Å². The first kappa shape index (κ1) is 30.1. The van der Waals surface area contributed by atoms with Gasteiger partial charge >= 0.3 is 6.18 Å². The number of benzene rings is 3. The van der Waals surface area contributed by atoms with Crippen LogP contribution < -0.4 is 10.6 Å². The molecule has 0 radical (unpaired) electrons. The number of hydrogen-bond acceptors (Lipinski definition) is 5. The normalized spacial score (nSPS) is 17.4. The number of halogens is 5. The zero-order valence-electron chi connectivity index (χ0n) is 22.8. The lowest BCUT2D eigenvalue weighted by molar-refractivity contribution is -0.137. The Kier molecular flexibility index (Phi) is 8.39. The molecular weight excluding hydrogens is 602 g/mol. The van der Waals surface area contributed by atoms with Gasteiger partial charge in [0.1, 0.15) is 5.82 Å². The van der Waals surface area contributed by atoms with Gasteiger partial charge in [0.05, 0.1) is 28.1 Å². The number of aryl methyl sites for hydroxylation is 1. The Hall–Kier alpha value is -3.38. The van der Waals surface area contributed by atoms with Gasteiger partial charge in [-0.3, -0.25) is 9.69 Å². The third kappa shape index (κ3) is 5.66. The predicted octanol–water partition coefficient (Wildman–Crippen LogP) is 9.23. The zero-order chi connectivity index (χ0) is 30.3. The van der Waals surface area contributed by atoms with Crippen molar-refractivity contribution in [3.63, 3.8) is 0 Å². The summed E-state index contributed by atoms with van der Waals surface area (Å²) in [5, 5.41) is 11.6. The fraction of sp³-hybridized carbons (Fsp3) is 0.250. The molecule has 10 heteroatoms. The van der Waals surface area contributed by atoms with Crippen molar-refractivity contribution < 1.29 is 18.0 Å². The van der Waals surface area contributed by atoms with Crippen molar-refractivity contribution in [2.24, 2.45) is 5.73 Å². The summed E-state index contributed by atoms with van der Waals surface area (Å²) in [6.07, 6.45) is -3.10. The summed E-state index contributed by atoms with van der Waals surface area (Å²) in [6.45, 7) is 3.92. The molecule has 5 rings (SSSR count). The molecule has 216 valence electrons. The molecule has 1 heterocycles. The Morgan fingerprint density at radius 2 is 1.79 bits per heavy atom. The molecule has 0 spiro atoms. The van der Waals surface area contributed by atoms with E-state index in [0.29, 0.717) is 52.0 Å². The number of carbonyl (C=O) groups is 1. The van der Waals surface area contributed by atoms with Crippen molar-refractivity contribution in [3.8, 4) is 6.07 Å². The molecule has 2 aliphatic rings. The third-order valence-corrected chi connectivity index (χ3v) is 9.43. The van der Waals surface area contributed by atoms with Gasteiger partial charge in [-0.25, -0.2) is 0 Å². The molecule has 0 bridgehead atoms. The summed E-state index contributed by atoms with van der Waals surface area (Å²) in [4.78, 5) is 16.0. The summed E-state index contributed by atoms with van der Waals surface area (Å²) in [5.74, 6) is -0.104. The number of Topliss-reactive ketones (excluding diaryl/α,β-unsaturated/α-hetero) is 1. The SMILES string of the molecule is Cc1cc(CSc2cc(Cl)ccc2Cl)c(C)c(C2C(C#N)=C(N)N(c3ccc(C(F)(F)F)cc3)C3=C2C(=O)CCC3)c1. The molecule has 4 nitrogen and oxygen atoms in total. The second-order valence-electron chi connectivity index (χ2n) is 10.4. The number of thioether (sulfide) groups is 1. The van der Waals surface area contributed by atoms with Gasteiger partial charge in [0.15, 0.2) is 5.78 Å². The van der Waals surface area contributed by atoms with Crippen molar-refractivity contribution in [2.75, 3.05) is 4.90 Å². The van der Waals surface area contributed by atoms with Crippen LogP contribution in [0.4, 0.5) is 18.9 Å². The van der Waals surface area contributed by atoms with Crippen LogP contribution in [0.1, 0.15) is 53.0 Å². The summed E-state index contributed by atoms with van der Waals surface area (Å²) in [7, 11) is 0. The lowest BCUT2D eigenvalue weighted by Gasteiger charge is -2.40. The first-order chi connectivity index (χ1) is 19.9. The van der Waals surface area contributed by atoms with Crippen molar-refractivity contribution in [1.29, 1.82) is 5.26 Å². The summed E-state index contributed by atoms with van der Waals surface area (Å²) in [5.41, 5.74) is 11.2. The summed E-state index contributed by atoms with van der Waals surface area (Å²) in [6, 6.07) is 16.2. The number of nitriles is 1. The monoisotopic (exact) mass is 627 g/mol. The first-order valence-corrected chi connectivity index (χ1v) is 15.0. The smallest absolute Gasteiger partial charge is 0.384 e. The van der Waals surface area contributed by atoms with Crippen LogP contribution in [0.25, 0.3) is 0 Å². The molecule has 3 aromatic rings. The molecule has 1 unspecified atom stereocenters. The van der Waals surface area contributed by atoms with Crippen LogP contribution >= 0.6 is 35.0 Å². The highest BCUT2D eigenvalue weighted by Crippen LogP contribution is 2.48. The van der Waals surface area contributed by atoms with Gasteiger partial charge in [-0.2, -0.15) is 18.4 Å². The standard InChI is InChI=1S/C32H26Cl2F3N3OS/c1-17-12-19(16-42-28-14-21(33)8-11-25(28)34)18(2)23(13-17)29-24(15-38)31(39)40(26-4-3-5-27(41)30(26)29)22-9-6-20(7-10-22)32(35,36)37/h6-14,29H,3-5,16,39H2,1-2H3. The molecule has 2 N–H and O–H groups in total. The molecule has 0 aromatic heterocycles. The summed E-state index contributed by atoms with van der Waals surface area (Å²) >= 11 is 14.1. The fourth-order valence-electron chi connectivity index (χ4n) is 5.65. The Labute approximate surface area is 256 Å². The predicted molar refractivity (Wildman–Crippen MR) is 161 cm³/mol. The molecule has 1 atom stereocenters. The Morgan fingerprint density at radius 3 is 2.45 bits per heavy atom. The minimum atomic E-state index is -4.49. The van der Waals surface area contributed by atoms with Crippen molar-refractivity contribution in [2.45, 2.75) is 55.9 Å². The van der Waals surface area contributed by atoms with Crippen LogP contribution in [0.5, 0.6) is 0 Å². The highest BCUT2D eigenvalue weighted by atomic mass is 35.5. The fourth-order valence-corrected chi connectivity index (χ4v) is 7.19. The Morgan fingerprint density at radius 1 is 1.07 bits per heavy atom. The highest BCUT2D eigenvalue weighted by molar-refractivity contribution is 7.98. The molecule has 42 heavy (non-hydrogen) atoms. The lowest BCUT2D eigenvalue weighted by Crippen LogP contribution is -2.39. The van der Waals surface area contributed by atoms with E-state index in [1.165, 1.54) is 23.9 Å². The van der Waals surface area contributed by atoms with E-state index in [-0.39, 0.29) is 17.2 Å². The number of anilines is 1. The molecule has 0 saturated heterocycles. The Balaban J connectivity index is 1.62. The van der Waals surface area contributed by atoms with E-state index in [2.05, 4.69) is 12.1 Å². The molecule has 3 aromatic carbocycles. The minimum absolute atomic E-state index is 0.0963. The highest BCUT2D eigenvalue weighted by Gasteiger charge is 2.41. The number of rotatable bonds is 5. The van der Waals surface area contributed by atoms with E-state index in [1.807, 2.05) is 26.0 Å². The topological polar surface area (TPSA) is 70.1 Å². The number of alkyl halides is 3. The van der Waals surface area contributed by atoms with Gasteiger partial charge in [0.2, 0.25) is 0 Å². The zero-order valence-corrected chi connectivity index (χ0v) is 25.1. The van der Waals surface area contributed by atoms with E-state index in [9.17, 15) is 23.2 Å². The molecule has 0 fully saturated rings. The number of allylic oxidation sites excluding steroid dienone is 3. The van der Waals surface area contributed by atoms with E-state index >= 15 is 0 Å². The maximum atomic E-state index is 13.6. The van der Waals surface area contributed by atoms with Crippen LogP contribution in [-0.2, 0) is 16.7 Å². The maximum absolute atomic E-state index is 13.6. The van der Waals surface area contributed by atoms with E-state index in [4.69, 9.17) is 28.9 Å². The van der Waals surface area contributed by atoms with Crippen LogP contribution in [-0.4, -0.2) is 5.78 Å². The second-order valence-corrected chi connectivity index (χ2v) is 12.2. The van der Waals surface area contributed by atoms with Crippen LogP contribution in [0.15, 0.2) is 82.2 Å². The van der Waals surface area contributed by atoms with E-state index < -0.39 is 17.7 Å². The van der Waals surface area contributed by atoms with Crippen molar-refractivity contribution >= 4 is 46.4 Å². The van der Waals surface area contributed by atoms with Crippen LogP contribution in [0, 0.1) is 25.2 Å². The second kappa shape index (κ2) is 11.7. The number of hydrogen-bond donors (Lipinski definition) is 1. The number of nitrogens with zero attached hydrogens (tertiary/aromatic N) is 2. The molecule has 1 aliphatic heterocycles. The van der Waals surface area contributed by atoms with Gasteiger partial charge in [0.25, 0.3) is 0 Å². The number of nitrogens with two attached hydrogens (primary N) is 1. The average molecular weight is 629 g/mol. The number of ketones is 1. The minimum Gasteiger partial charge on any atom is -0.384 e. The Bertz CT molecular complexity index is 1690. The quantitative estimate of drug-likeness (QED) is 0.285. The lowest BCUT2D eigenvalue weighted by atomic mass is 9.73. The van der Waals surface area contributed by atoms with Crippen LogP contribution in [0.2, 0.25) is 10.0 Å². The first-order valence-electron chi connectivity index (χ1n) is 13.2. The molecule has 1 aliphatic carbocycles. The van der Waals surface area contributed by atoms with E-state index in [0.717, 1.165) is 39.3 Å². The largest absolute Gasteiger partial charge is 0.416 e. The van der Waals surface area contributed by atoms with Crippen molar-refractivity contribution in [3.05, 3.63) is 115 Å². The van der Waals surface area contributed by atoms with Gasteiger partial charge in [-0.05, 0) is 85.8 Å². The van der Waals surface area contributed by atoms with E-state index in [1.54, 1.807) is 17.0 Å². The molecule has 0 amide bonds.